The SMILES string of the molecule is Cc1nc(C(C)(N)CC(=O)O)cs1. The van der Waals surface area contributed by atoms with Crippen LogP contribution in [0.4, 0.5) is 0 Å². The zero-order valence-electron chi connectivity index (χ0n) is 7.57. The van der Waals surface area contributed by atoms with Crippen molar-refractivity contribution in [3.8, 4) is 0 Å². The third-order valence-corrected chi connectivity index (χ3v) is 2.50. The molecule has 1 heterocycles. The van der Waals surface area contributed by atoms with Crippen LogP contribution in [-0.4, -0.2) is 16.1 Å². The van der Waals surface area contributed by atoms with Gasteiger partial charge in [0.2, 0.25) is 0 Å². The van der Waals surface area contributed by atoms with Gasteiger partial charge in [-0.2, -0.15) is 0 Å². The zero-order valence-corrected chi connectivity index (χ0v) is 8.39. The van der Waals surface area contributed by atoms with Crippen molar-refractivity contribution in [2.24, 2.45) is 5.73 Å². The normalized spacial score (nSPS) is 15.3. The van der Waals surface area contributed by atoms with Crippen molar-refractivity contribution in [2.75, 3.05) is 0 Å². The Labute approximate surface area is 80.4 Å². The van der Waals surface area contributed by atoms with Gasteiger partial charge in [-0.1, -0.05) is 0 Å². The number of nitrogens with two attached hydrogens (primary N) is 1. The van der Waals surface area contributed by atoms with Gasteiger partial charge in [-0.25, -0.2) is 4.98 Å². The Hall–Kier alpha value is -0.940. The number of carboxylic acids is 1. The van der Waals surface area contributed by atoms with Crippen LogP contribution in [0.2, 0.25) is 0 Å². The highest BCUT2D eigenvalue weighted by Gasteiger charge is 2.26. The summed E-state index contributed by atoms with van der Waals surface area (Å²) in [5, 5.41) is 11.3. The van der Waals surface area contributed by atoms with E-state index in [0.717, 1.165) is 5.01 Å². The van der Waals surface area contributed by atoms with Gasteiger partial charge in [0.05, 0.1) is 22.7 Å². The average molecular weight is 200 g/mol. The van der Waals surface area contributed by atoms with Crippen LogP contribution in [0.1, 0.15) is 24.0 Å². The molecular weight excluding hydrogens is 188 g/mol. The fraction of sp³-hybridized carbons (Fsp3) is 0.500. The Kier molecular flexibility index (Phi) is 2.68. The van der Waals surface area contributed by atoms with Crippen LogP contribution < -0.4 is 5.73 Å². The van der Waals surface area contributed by atoms with Crippen molar-refractivity contribution in [2.45, 2.75) is 25.8 Å². The van der Waals surface area contributed by atoms with Crippen LogP contribution in [0, 0.1) is 6.92 Å². The van der Waals surface area contributed by atoms with E-state index in [1.165, 1.54) is 11.3 Å². The number of aromatic nitrogens is 1. The van der Waals surface area contributed by atoms with E-state index in [1.807, 2.05) is 6.92 Å². The molecule has 72 valence electrons. The highest BCUT2D eigenvalue weighted by molar-refractivity contribution is 7.09. The quantitative estimate of drug-likeness (QED) is 0.766. The van der Waals surface area contributed by atoms with Crippen molar-refractivity contribution >= 4 is 17.3 Å². The van der Waals surface area contributed by atoms with E-state index >= 15 is 0 Å². The molecule has 0 spiro atoms. The number of thiazole rings is 1. The third kappa shape index (κ3) is 2.50. The molecular formula is C8H12N2O2S. The Morgan fingerprint density at radius 2 is 2.46 bits per heavy atom. The van der Waals surface area contributed by atoms with E-state index in [4.69, 9.17) is 10.8 Å². The first kappa shape index (κ1) is 10.1. The van der Waals surface area contributed by atoms with Crippen LogP contribution in [0.15, 0.2) is 5.38 Å². The molecule has 0 aliphatic rings. The molecule has 1 aromatic heterocycles. The van der Waals surface area contributed by atoms with Crippen molar-refractivity contribution in [3.05, 3.63) is 16.1 Å². The first-order valence-corrected chi connectivity index (χ1v) is 4.73. The molecule has 1 rings (SSSR count). The minimum absolute atomic E-state index is 0.101. The molecule has 1 aromatic rings. The van der Waals surface area contributed by atoms with Gasteiger partial charge in [-0.3, -0.25) is 4.79 Å². The summed E-state index contributed by atoms with van der Waals surface area (Å²) in [6, 6.07) is 0. The minimum Gasteiger partial charge on any atom is -0.481 e. The summed E-state index contributed by atoms with van der Waals surface area (Å²) < 4.78 is 0. The van der Waals surface area contributed by atoms with Crippen LogP contribution in [0.25, 0.3) is 0 Å². The number of carbonyl (C=O) groups is 1. The van der Waals surface area contributed by atoms with Crippen molar-refractivity contribution in [1.29, 1.82) is 0 Å². The topological polar surface area (TPSA) is 76.2 Å². The van der Waals surface area contributed by atoms with Gasteiger partial charge in [0, 0.05) is 5.38 Å². The van der Waals surface area contributed by atoms with Crippen LogP contribution in [-0.2, 0) is 10.3 Å². The first-order valence-electron chi connectivity index (χ1n) is 3.85. The maximum Gasteiger partial charge on any atom is 0.305 e. The van der Waals surface area contributed by atoms with Gasteiger partial charge < -0.3 is 10.8 Å². The lowest BCUT2D eigenvalue weighted by Gasteiger charge is -2.19. The predicted octanol–water partition coefficient (Wildman–Crippen LogP) is 1.10. The molecule has 0 amide bonds. The number of carboxylic acid groups (broad SMARTS) is 1. The van der Waals surface area contributed by atoms with Gasteiger partial charge >= 0.3 is 5.97 Å². The van der Waals surface area contributed by atoms with E-state index < -0.39 is 11.5 Å². The highest BCUT2D eigenvalue weighted by Crippen LogP contribution is 2.22. The lowest BCUT2D eigenvalue weighted by atomic mass is 9.96. The fourth-order valence-electron chi connectivity index (χ4n) is 1.03. The van der Waals surface area contributed by atoms with Crippen LogP contribution in [0.3, 0.4) is 0 Å². The summed E-state index contributed by atoms with van der Waals surface area (Å²) in [5.74, 6) is -0.907. The number of aryl methyl sites for hydroxylation is 1. The largest absolute Gasteiger partial charge is 0.481 e. The molecule has 0 saturated heterocycles. The molecule has 0 aromatic carbocycles. The van der Waals surface area contributed by atoms with Gasteiger partial charge in [-0.15, -0.1) is 11.3 Å². The molecule has 0 bridgehead atoms. The Morgan fingerprint density at radius 1 is 1.85 bits per heavy atom. The molecule has 0 aliphatic carbocycles. The second-order valence-electron chi connectivity index (χ2n) is 3.24. The maximum atomic E-state index is 10.5. The summed E-state index contributed by atoms with van der Waals surface area (Å²) in [5.41, 5.74) is 5.60. The highest BCUT2D eigenvalue weighted by atomic mass is 32.1. The standard InChI is InChI=1S/C8H12N2O2S/c1-5-10-6(4-13-5)8(2,9)3-7(11)12/h4H,3,9H2,1-2H3,(H,11,12). The average Bonchev–Trinajstić information content (AvgIpc) is 2.32. The van der Waals surface area contributed by atoms with E-state index in [9.17, 15) is 4.79 Å². The molecule has 1 atom stereocenters. The van der Waals surface area contributed by atoms with E-state index in [2.05, 4.69) is 4.98 Å². The van der Waals surface area contributed by atoms with Crippen molar-refractivity contribution < 1.29 is 9.90 Å². The molecule has 0 fully saturated rings. The molecule has 5 heteroatoms. The number of aliphatic carboxylic acids is 1. The first-order chi connectivity index (χ1) is 5.92. The van der Waals surface area contributed by atoms with Gasteiger partial charge in [-0.05, 0) is 13.8 Å². The zero-order chi connectivity index (χ0) is 10.1. The number of hydrogen-bond acceptors (Lipinski definition) is 4. The molecule has 0 saturated carbocycles. The second kappa shape index (κ2) is 3.43. The monoisotopic (exact) mass is 200 g/mol. The molecule has 13 heavy (non-hydrogen) atoms. The molecule has 0 radical (unpaired) electrons. The number of hydrogen-bond donors (Lipinski definition) is 2. The van der Waals surface area contributed by atoms with Gasteiger partial charge in [0.25, 0.3) is 0 Å². The summed E-state index contributed by atoms with van der Waals surface area (Å²) in [6.45, 7) is 3.54. The molecule has 1 unspecified atom stereocenters. The number of nitrogens with zero attached hydrogens (tertiary/aromatic N) is 1. The molecule has 4 nitrogen and oxygen atoms in total. The minimum atomic E-state index is -0.907. The lowest BCUT2D eigenvalue weighted by Crippen LogP contribution is -2.35. The van der Waals surface area contributed by atoms with E-state index in [1.54, 1.807) is 12.3 Å². The van der Waals surface area contributed by atoms with Gasteiger partial charge in [0.15, 0.2) is 0 Å². The Balaban J connectivity index is 2.86. The van der Waals surface area contributed by atoms with Crippen LogP contribution in [0.5, 0.6) is 0 Å². The third-order valence-electron chi connectivity index (χ3n) is 1.72. The summed E-state index contributed by atoms with van der Waals surface area (Å²) in [6.07, 6.45) is -0.101. The second-order valence-corrected chi connectivity index (χ2v) is 4.30. The smallest absolute Gasteiger partial charge is 0.305 e. The number of rotatable bonds is 3. The Morgan fingerprint density at radius 3 is 2.85 bits per heavy atom. The molecule has 0 aliphatic heterocycles. The fourth-order valence-corrected chi connectivity index (χ4v) is 1.79. The van der Waals surface area contributed by atoms with E-state index in [0.29, 0.717) is 5.69 Å². The summed E-state index contributed by atoms with van der Waals surface area (Å²) in [4.78, 5) is 14.7. The summed E-state index contributed by atoms with van der Waals surface area (Å²) >= 11 is 1.47. The maximum absolute atomic E-state index is 10.5. The van der Waals surface area contributed by atoms with Crippen molar-refractivity contribution in [1.82, 2.24) is 4.98 Å². The Bertz CT molecular complexity index is 320. The summed E-state index contributed by atoms with van der Waals surface area (Å²) in [7, 11) is 0. The molecule has 3 N–H and O–H groups in total. The lowest BCUT2D eigenvalue weighted by molar-refractivity contribution is -0.138. The van der Waals surface area contributed by atoms with E-state index in [-0.39, 0.29) is 6.42 Å². The van der Waals surface area contributed by atoms with Gasteiger partial charge in [0.1, 0.15) is 0 Å². The van der Waals surface area contributed by atoms with Crippen molar-refractivity contribution in [3.63, 3.8) is 0 Å². The predicted molar refractivity (Wildman–Crippen MR) is 50.6 cm³/mol. The van der Waals surface area contributed by atoms with Crippen LogP contribution >= 0.6 is 11.3 Å².